The fraction of sp³-hybridized carbons (Fsp3) is 0.917. The monoisotopic (exact) mass is 282 g/mol. The van der Waals surface area contributed by atoms with E-state index in [1.54, 1.807) is 0 Å². The Kier molecular flexibility index (Phi) is 7.15. The average Bonchev–Trinajstić information content (AvgIpc) is 2.36. The highest BCUT2D eigenvalue weighted by Gasteiger charge is 2.27. The van der Waals surface area contributed by atoms with Crippen molar-refractivity contribution >= 4 is 5.91 Å². The summed E-state index contributed by atoms with van der Waals surface area (Å²) in [7, 11) is 0. The molecule has 1 saturated heterocycles. The number of rotatable bonds is 7. The van der Waals surface area contributed by atoms with E-state index in [9.17, 15) is 18.0 Å². The van der Waals surface area contributed by atoms with Crippen LogP contribution in [0.25, 0.3) is 0 Å². The first-order chi connectivity index (χ1) is 8.97. The van der Waals surface area contributed by atoms with Crippen molar-refractivity contribution in [3.8, 4) is 0 Å². The summed E-state index contributed by atoms with van der Waals surface area (Å²) in [6, 6.07) is 0.390. The van der Waals surface area contributed by atoms with E-state index in [-0.39, 0.29) is 19.1 Å². The van der Waals surface area contributed by atoms with Gasteiger partial charge in [-0.25, -0.2) is 0 Å². The van der Waals surface area contributed by atoms with E-state index in [0.29, 0.717) is 12.5 Å². The minimum atomic E-state index is -4.31. The standard InChI is InChI=1S/C12H21F3N2O2/c13-12(14,15)9-19-8-7-17-11(18)5-4-10-3-1-2-6-16-10/h10,16H,1-9H2,(H,17,18). The molecule has 7 heteroatoms. The maximum absolute atomic E-state index is 11.7. The van der Waals surface area contributed by atoms with Crippen LogP contribution in [-0.2, 0) is 9.53 Å². The molecule has 1 rings (SSSR count). The SMILES string of the molecule is O=C(CCC1CCCCN1)NCCOCC(F)(F)F. The zero-order chi connectivity index (χ0) is 14.1. The van der Waals surface area contributed by atoms with E-state index in [1.807, 2.05) is 0 Å². The van der Waals surface area contributed by atoms with Gasteiger partial charge in [0.15, 0.2) is 0 Å². The van der Waals surface area contributed by atoms with E-state index in [2.05, 4.69) is 15.4 Å². The van der Waals surface area contributed by atoms with Gasteiger partial charge in [-0.1, -0.05) is 6.42 Å². The fourth-order valence-electron chi connectivity index (χ4n) is 2.01. The smallest absolute Gasteiger partial charge is 0.370 e. The lowest BCUT2D eigenvalue weighted by molar-refractivity contribution is -0.173. The van der Waals surface area contributed by atoms with Gasteiger partial charge in [-0.2, -0.15) is 13.2 Å². The Morgan fingerprint density at radius 1 is 1.37 bits per heavy atom. The van der Waals surface area contributed by atoms with Crippen molar-refractivity contribution in [2.75, 3.05) is 26.3 Å². The molecule has 2 N–H and O–H groups in total. The molecule has 0 radical (unpaired) electrons. The second-order valence-corrected chi connectivity index (χ2v) is 4.70. The molecule has 0 saturated carbocycles. The lowest BCUT2D eigenvalue weighted by atomic mass is 10.0. The Labute approximate surface area is 111 Å². The molecule has 1 aliphatic heterocycles. The van der Waals surface area contributed by atoms with Gasteiger partial charge in [-0.3, -0.25) is 4.79 Å². The van der Waals surface area contributed by atoms with Gasteiger partial charge in [0.05, 0.1) is 6.61 Å². The van der Waals surface area contributed by atoms with Crippen LogP contribution in [0.2, 0.25) is 0 Å². The van der Waals surface area contributed by atoms with Gasteiger partial charge >= 0.3 is 6.18 Å². The van der Waals surface area contributed by atoms with Crippen LogP contribution < -0.4 is 10.6 Å². The molecule has 1 amide bonds. The number of carbonyl (C=O) groups excluding carboxylic acids is 1. The van der Waals surface area contributed by atoms with Gasteiger partial charge in [-0.05, 0) is 25.8 Å². The second-order valence-electron chi connectivity index (χ2n) is 4.70. The molecule has 1 unspecified atom stereocenters. The predicted molar refractivity (Wildman–Crippen MR) is 64.8 cm³/mol. The summed E-state index contributed by atoms with van der Waals surface area (Å²) in [6.07, 6.45) is 0.314. The summed E-state index contributed by atoms with van der Waals surface area (Å²) in [5.41, 5.74) is 0. The molecule has 1 atom stereocenters. The third-order valence-corrected chi connectivity index (χ3v) is 2.97. The number of carbonyl (C=O) groups is 1. The molecule has 0 aromatic heterocycles. The zero-order valence-corrected chi connectivity index (χ0v) is 10.9. The maximum atomic E-state index is 11.7. The zero-order valence-electron chi connectivity index (χ0n) is 10.9. The molecule has 0 aromatic rings. The lowest BCUT2D eigenvalue weighted by Gasteiger charge is -2.23. The van der Waals surface area contributed by atoms with Crippen molar-refractivity contribution in [2.24, 2.45) is 0 Å². The molecule has 1 fully saturated rings. The van der Waals surface area contributed by atoms with Gasteiger partial charge in [0, 0.05) is 19.0 Å². The second kappa shape index (κ2) is 8.37. The van der Waals surface area contributed by atoms with Crippen molar-refractivity contribution in [3.63, 3.8) is 0 Å². The molecule has 0 spiro atoms. The Morgan fingerprint density at radius 3 is 2.79 bits per heavy atom. The van der Waals surface area contributed by atoms with Crippen LogP contribution in [0.1, 0.15) is 32.1 Å². The average molecular weight is 282 g/mol. The Bertz CT molecular complexity index is 266. The van der Waals surface area contributed by atoms with Crippen LogP contribution in [0, 0.1) is 0 Å². The molecule has 1 heterocycles. The minimum Gasteiger partial charge on any atom is -0.370 e. The van der Waals surface area contributed by atoms with Crippen LogP contribution in [0.4, 0.5) is 13.2 Å². The Balaban J connectivity index is 1.95. The number of hydrogen-bond donors (Lipinski definition) is 2. The van der Waals surface area contributed by atoms with E-state index in [1.165, 1.54) is 12.8 Å². The quantitative estimate of drug-likeness (QED) is 0.697. The highest BCUT2D eigenvalue weighted by Crippen LogP contribution is 2.14. The van der Waals surface area contributed by atoms with E-state index >= 15 is 0 Å². The summed E-state index contributed by atoms with van der Waals surface area (Å²) in [5.74, 6) is -0.136. The first kappa shape index (κ1) is 16.2. The lowest BCUT2D eigenvalue weighted by Crippen LogP contribution is -2.36. The van der Waals surface area contributed by atoms with Crippen LogP contribution in [0.3, 0.4) is 0 Å². The first-order valence-electron chi connectivity index (χ1n) is 6.62. The molecular formula is C12H21F3N2O2. The van der Waals surface area contributed by atoms with Gasteiger partial charge in [0.25, 0.3) is 0 Å². The predicted octanol–water partition coefficient (Wildman–Crippen LogP) is 1.60. The van der Waals surface area contributed by atoms with Crippen LogP contribution in [0.5, 0.6) is 0 Å². The fourth-order valence-corrected chi connectivity index (χ4v) is 2.01. The summed E-state index contributed by atoms with van der Waals surface area (Å²) in [5, 5.41) is 5.89. The van der Waals surface area contributed by atoms with E-state index in [0.717, 1.165) is 19.4 Å². The summed E-state index contributed by atoms with van der Waals surface area (Å²) >= 11 is 0. The van der Waals surface area contributed by atoms with Crippen LogP contribution in [-0.4, -0.2) is 44.4 Å². The summed E-state index contributed by atoms with van der Waals surface area (Å²) in [6.45, 7) is -0.271. The third kappa shape index (κ3) is 8.83. The topological polar surface area (TPSA) is 50.4 Å². The summed E-state index contributed by atoms with van der Waals surface area (Å²) < 4.78 is 39.6. The molecule has 0 aromatic carbocycles. The van der Waals surface area contributed by atoms with E-state index < -0.39 is 12.8 Å². The van der Waals surface area contributed by atoms with Gasteiger partial charge < -0.3 is 15.4 Å². The van der Waals surface area contributed by atoms with Crippen molar-refractivity contribution in [3.05, 3.63) is 0 Å². The number of amides is 1. The molecule has 0 bridgehead atoms. The first-order valence-corrected chi connectivity index (χ1v) is 6.62. The van der Waals surface area contributed by atoms with Crippen LogP contribution in [0.15, 0.2) is 0 Å². The molecule has 0 aliphatic carbocycles. The molecule has 112 valence electrons. The number of halogens is 3. The van der Waals surface area contributed by atoms with Crippen molar-refractivity contribution in [2.45, 2.75) is 44.3 Å². The molecule has 4 nitrogen and oxygen atoms in total. The number of ether oxygens (including phenoxy) is 1. The van der Waals surface area contributed by atoms with Gasteiger partial charge in [-0.15, -0.1) is 0 Å². The van der Waals surface area contributed by atoms with Gasteiger partial charge in [0.2, 0.25) is 5.91 Å². The van der Waals surface area contributed by atoms with E-state index in [4.69, 9.17) is 0 Å². The number of alkyl halides is 3. The molecule has 19 heavy (non-hydrogen) atoms. The summed E-state index contributed by atoms with van der Waals surface area (Å²) in [4.78, 5) is 11.4. The maximum Gasteiger partial charge on any atom is 0.411 e. The molecular weight excluding hydrogens is 261 g/mol. The van der Waals surface area contributed by atoms with Crippen molar-refractivity contribution in [1.82, 2.24) is 10.6 Å². The highest BCUT2D eigenvalue weighted by molar-refractivity contribution is 5.75. The van der Waals surface area contributed by atoms with Crippen molar-refractivity contribution < 1.29 is 22.7 Å². The minimum absolute atomic E-state index is 0.118. The molecule has 1 aliphatic rings. The third-order valence-electron chi connectivity index (χ3n) is 2.97. The number of hydrogen-bond acceptors (Lipinski definition) is 3. The normalized spacial score (nSPS) is 20.3. The van der Waals surface area contributed by atoms with Gasteiger partial charge in [0.1, 0.15) is 6.61 Å². The van der Waals surface area contributed by atoms with Crippen LogP contribution >= 0.6 is 0 Å². The Hall–Kier alpha value is -0.820. The largest absolute Gasteiger partial charge is 0.411 e. The number of piperidine rings is 1. The van der Waals surface area contributed by atoms with Crippen molar-refractivity contribution in [1.29, 1.82) is 0 Å². The Morgan fingerprint density at radius 2 is 2.16 bits per heavy atom. The number of nitrogens with one attached hydrogen (secondary N) is 2. The highest BCUT2D eigenvalue weighted by atomic mass is 19.4.